The summed E-state index contributed by atoms with van der Waals surface area (Å²) in [7, 11) is 0. The van der Waals surface area contributed by atoms with Crippen molar-refractivity contribution in [1.82, 2.24) is 0 Å². The predicted octanol–water partition coefficient (Wildman–Crippen LogP) is 2.54. The van der Waals surface area contributed by atoms with Crippen LogP contribution in [-0.4, -0.2) is 33.7 Å². The highest BCUT2D eigenvalue weighted by Crippen LogP contribution is 2.43. The number of phenols is 1. The number of amides is 1. The van der Waals surface area contributed by atoms with E-state index in [2.05, 4.69) is 0 Å². The molecule has 2 rings (SSSR count). The lowest BCUT2D eigenvalue weighted by atomic mass is 9.91. The van der Waals surface area contributed by atoms with Crippen LogP contribution < -0.4 is 9.64 Å². The topological polar surface area (TPSA) is 87.1 Å². The van der Waals surface area contributed by atoms with Gasteiger partial charge in [-0.2, -0.15) is 0 Å². The first-order valence-electron chi connectivity index (χ1n) is 7.48. The SMILES string of the molecule is CCC(C(=O)O)N1C(=O)C(CC)(CC)Oc2cc(O)ccc21. The molecule has 22 heavy (non-hydrogen) atoms. The first-order chi connectivity index (χ1) is 10.4. The van der Waals surface area contributed by atoms with Crippen LogP contribution in [0.3, 0.4) is 0 Å². The minimum absolute atomic E-state index is 0.0116. The van der Waals surface area contributed by atoms with Crippen LogP contribution in [-0.2, 0) is 9.59 Å². The number of rotatable bonds is 5. The molecule has 1 atom stereocenters. The van der Waals surface area contributed by atoms with E-state index in [0.717, 1.165) is 0 Å². The van der Waals surface area contributed by atoms with Gasteiger partial charge >= 0.3 is 5.97 Å². The van der Waals surface area contributed by atoms with E-state index in [9.17, 15) is 19.8 Å². The number of hydrogen-bond donors (Lipinski definition) is 2. The highest BCUT2D eigenvalue weighted by Gasteiger charge is 2.49. The molecule has 1 amide bonds. The Hall–Kier alpha value is -2.24. The van der Waals surface area contributed by atoms with E-state index < -0.39 is 17.6 Å². The van der Waals surface area contributed by atoms with E-state index in [1.54, 1.807) is 6.92 Å². The second-order valence-electron chi connectivity index (χ2n) is 5.39. The average molecular weight is 307 g/mol. The number of anilines is 1. The fraction of sp³-hybridized carbons (Fsp3) is 0.500. The first-order valence-corrected chi connectivity index (χ1v) is 7.48. The van der Waals surface area contributed by atoms with E-state index in [0.29, 0.717) is 24.3 Å². The van der Waals surface area contributed by atoms with Crippen molar-refractivity contribution in [3.8, 4) is 11.5 Å². The molecule has 1 aromatic rings. The van der Waals surface area contributed by atoms with Gasteiger partial charge in [0.25, 0.3) is 5.91 Å². The molecule has 0 radical (unpaired) electrons. The normalized spacial score (nSPS) is 17.6. The number of hydrogen-bond acceptors (Lipinski definition) is 4. The lowest BCUT2D eigenvalue weighted by Crippen LogP contribution is -2.60. The summed E-state index contributed by atoms with van der Waals surface area (Å²) in [6.45, 7) is 5.38. The molecule has 2 N–H and O–H groups in total. The van der Waals surface area contributed by atoms with Crippen LogP contribution in [0.5, 0.6) is 11.5 Å². The number of benzene rings is 1. The zero-order chi connectivity index (χ0) is 16.5. The summed E-state index contributed by atoms with van der Waals surface area (Å²) in [4.78, 5) is 25.8. The Kier molecular flexibility index (Phi) is 4.30. The van der Waals surface area contributed by atoms with Gasteiger partial charge in [0.05, 0.1) is 5.69 Å². The Balaban J connectivity index is 2.64. The van der Waals surface area contributed by atoms with Gasteiger partial charge in [-0.3, -0.25) is 9.69 Å². The Morgan fingerprint density at radius 3 is 2.45 bits per heavy atom. The van der Waals surface area contributed by atoms with Crippen LogP contribution in [0.4, 0.5) is 5.69 Å². The predicted molar refractivity (Wildman–Crippen MR) is 81.2 cm³/mol. The third-order valence-electron chi connectivity index (χ3n) is 4.24. The number of fused-ring (bicyclic) bond motifs is 1. The molecule has 1 unspecified atom stereocenters. The second-order valence-corrected chi connectivity index (χ2v) is 5.39. The molecule has 1 heterocycles. The molecule has 0 spiro atoms. The van der Waals surface area contributed by atoms with E-state index in [4.69, 9.17) is 4.74 Å². The van der Waals surface area contributed by atoms with E-state index in [1.165, 1.54) is 23.1 Å². The van der Waals surface area contributed by atoms with Crippen LogP contribution in [0.15, 0.2) is 18.2 Å². The van der Waals surface area contributed by atoms with Crippen molar-refractivity contribution in [2.75, 3.05) is 4.90 Å². The third kappa shape index (κ3) is 2.38. The summed E-state index contributed by atoms with van der Waals surface area (Å²) in [5.41, 5.74) is -0.710. The number of carboxylic acids is 1. The molecule has 0 aliphatic carbocycles. The molecular weight excluding hydrogens is 286 g/mol. The smallest absolute Gasteiger partial charge is 0.326 e. The zero-order valence-corrected chi connectivity index (χ0v) is 13.0. The summed E-state index contributed by atoms with van der Waals surface area (Å²) < 4.78 is 5.87. The number of carbonyl (C=O) groups excluding carboxylic acids is 1. The van der Waals surface area contributed by atoms with Crippen molar-refractivity contribution in [2.24, 2.45) is 0 Å². The minimum atomic E-state index is -1.09. The number of phenolic OH excluding ortho intramolecular Hbond substituents is 1. The van der Waals surface area contributed by atoms with Crippen molar-refractivity contribution < 1.29 is 24.5 Å². The zero-order valence-electron chi connectivity index (χ0n) is 13.0. The summed E-state index contributed by atoms with van der Waals surface area (Å²) in [5.74, 6) is -1.05. The van der Waals surface area contributed by atoms with Crippen molar-refractivity contribution in [2.45, 2.75) is 51.7 Å². The van der Waals surface area contributed by atoms with Gasteiger partial charge in [-0.15, -0.1) is 0 Å². The summed E-state index contributed by atoms with van der Waals surface area (Å²) in [6, 6.07) is 3.39. The van der Waals surface area contributed by atoms with E-state index >= 15 is 0 Å². The fourth-order valence-corrected chi connectivity index (χ4v) is 2.84. The molecule has 0 bridgehead atoms. The maximum atomic E-state index is 12.9. The van der Waals surface area contributed by atoms with Crippen LogP contribution in [0.2, 0.25) is 0 Å². The maximum absolute atomic E-state index is 12.9. The van der Waals surface area contributed by atoms with E-state index in [1.807, 2.05) is 13.8 Å². The molecule has 0 saturated heterocycles. The van der Waals surface area contributed by atoms with Gasteiger partial charge in [-0.05, 0) is 31.4 Å². The largest absolute Gasteiger partial charge is 0.508 e. The van der Waals surface area contributed by atoms with Gasteiger partial charge in [-0.1, -0.05) is 20.8 Å². The maximum Gasteiger partial charge on any atom is 0.326 e. The number of carboxylic acid groups (broad SMARTS) is 1. The molecular formula is C16H21NO5. The standard InChI is InChI=1S/C16H21NO5/c1-4-11(14(19)20)17-12-8-7-10(18)9-13(12)22-16(5-2,6-3)15(17)21/h7-9,11,18H,4-6H2,1-3H3,(H,19,20). The van der Waals surface area contributed by atoms with E-state index in [-0.39, 0.29) is 18.1 Å². The molecule has 0 fully saturated rings. The third-order valence-corrected chi connectivity index (χ3v) is 4.24. The van der Waals surface area contributed by atoms with Gasteiger partial charge in [0, 0.05) is 6.07 Å². The second kappa shape index (κ2) is 5.87. The Bertz CT molecular complexity index is 594. The summed E-state index contributed by atoms with van der Waals surface area (Å²) in [6.07, 6.45) is 1.12. The molecule has 120 valence electrons. The molecule has 1 aliphatic heterocycles. The van der Waals surface area contributed by atoms with Crippen LogP contribution in [0.1, 0.15) is 40.0 Å². The van der Waals surface area contributed by atoms with Crippen molar-refractivity contribution in [3.63, 3.8) is 0 Å². The minimum Gasteiger partial charge on any atom is -0.508 e. The monoisotopic (exact) mass is 307 g/mol. The molecule has 0 saturated carbocycles. The molecule has 1 aromatic carbocycles. The van der Waals surface area contributed by atoms with Gasteiger partial charge in [-0.25, -0.2) is 4.79 Å². The van der Waals surface area contributed by atoms with Gasteiger partial charge in [0.2, 0.25) is 0 Å². The van der Waals surface area contributed by atoms with Gasteiger partial charge < -0.3 is 14.9 Å². The van der Waals surface area contributed by atoms with Crippen molar-refractivity contribution in [1.29, 1.82) is 0 Å². The Morgan fingerprint density at radius 2 is 1.95 bits per heavy atom. The molecule has 1 aliphatic rings. The fourth-order valence-electron chi connectivity index (χ4n) is 2.84. The highest BCUT2D eigenvalue weighted by atomic mass is 16.5. The summed E-state index contributed by atoms with van der Waals surface area (Å²) >= 11 is 0. The van der Waals surface area contributed by atoms with Crippen LogP contribution >= 0.6 is 0 Å². The molecule has 0 aromatic heterocycles. The lowest BCUT2D eigenvalue weighted by Gasteiger charge is -2.43. The summed E-state index contributed by atoms with van der Waals surface area (Å²) in [5, 5.41) is 19.1. The lowest BCUT2D eigenvalue weighted by molar-refractivity contribution is -0.144. The number of carbonyl (C=O) groups is 2. The van der Waals surface area contributed by atoms with Gasteiger partial charge in [0.15, 0.2) is 5.60 Å². The molecule has 6 nitrogen and oxygen atoms in total. The van der Waals surface area contributed by atoms with Crippen molar-refractivity contribution >= 4 is 17.6 Å². The number of ether oxygens (including phenoxy) is 1. The Morgan fingerprint density at radius 1 is 1.32 bits per heavy atom. The van der Waals surface area contributed by atoms with Crippen LogP contribution in [0.25, 0.3) is 0 Å². The number of nitrogens with zero attached hydrogens (tertiary/aromatic N) is 1. The Labute approximate surface area is 129 Å². The quantitative estimate of drug-likeness (QED) is 0.873. The molecule has 6 heteroatoms. The average Bonchev–Trinajstić information content (AvgIpc) is 2.49. The van der Waals surface area contributed by atoms with Crippen LogP contribution in [0, 0.1) is 0 Å². The number of aromatic hydroxyl groups is 1. The highest BCUT2D eigenvalue weighted by molar-refractivity contribution is 6.06. The number of aliphatic carboxylic acids is 1. The van der Waals surface area contributed by atoms with Gasteiger partial charge in [0.1, 0.15) is 17.5 Å². The first kappa shape index (κ1) is 16.1. The van der Waals surface area contributed by atoms with Crippen molar-refractivity contribution in [3.05, 3.63) is 18.2 Å².